The Bertz CT molecular complexity index is 301. The van der Waals surface area contributed by atoms with Crippen molar-refractivity contribution in [2.45, 2.75) is 13.3 Å². The average Bonchev–Trinajstić information content (AvgIpc) is 2.18. The fourth-order valence-electron chi connectivity index (χ4n) is 0.782. The lowest BCUT2D eigenvalue weighted by Crippen LogP contribution is -2.29. The van der Waals surface area contributed by atoms with Crippen molar-refractivity contribution in [2.24, 2.45) is 0 Å². The van der Waals surface area contributed by atoms with E-state index >= 15 is 0 Å². The fraction of sp³-hybridized carbons (Fsp3) is 0.375. The Morgan fingerprint density at radius 3 is 2.86 bits per heavy atom. The van der Waals surface area contributed by atoms with Crippen molar-refractivity contribution in [3.63, 3.8) is 0 Å². The summed E-state index contributed by atoms with van der Waals surface area (Å²) < 4.78 is 0. The van der Waals surface area contributed by atoms with E-state index in [1.807, 2.05) is 6.92 Å². The molecule has 2 N–H and O–H groups in total. The minimum absolute atomic E-state index is 0.288. The molecular formula is C8H11ClN4O. The molecule has 0 fully saturated rings. The Kier molecular flexibility index (Phi) is 4.12. The maximum Gasteiger partial charge on any atom is 0.320 e. The zero-order chi connectivity index (χ0) is 10.4. The van der Waals surface area contributed by atoms with Gasteiger partial charge in [0.05, 0.1) is 0 Å². The SMILES string of the molecule is CCCNC(=O)Nc1ccc(Cl)nn1. The van der Waals surface area contributed by atoms with Gasteiger partial charge in [0.1, 0.15) is 0 Å². The van der Waals surface area contributed by atoms with Crippen molar-refractivity contribution in [1.29, 1.82) is 0 Å². The molecule has 14 heavy (non-hydrogen) atoms. The number of nitrogens with zero attached hydrogens (tertiary/aromatic N) is 2. The molecule has 2 amide bonds. The molecule has 0 aliphatic heterocycles. The number of anilines is 1. The van der Waals surface area contributed by atoms with Gasteiger partial charge in [-0.25, -0.2) is 4.79 Å². The summed E-state index contributed by atoms with van der Waals surface area (Å²) in [6, 6.07) is 2.86. The van der Waals surface area contributed by atoms with Crippen molar-refractivity contribution in [1.82, 2.24) is 15.5 Å². The van der Waals surface area contributed by atoms with Gasteiger partial charge in [0.2, 0.25) is 0 Å². The quantitative estimate of drug-likeness (QED) is 0.804. The molecule has 5 nitrogen and oxygen atoms in total. The van der Waals surface area contributed by atoms with Crippen molar-refractivity contribution >= 4 is 23.4 Å². The van der Waals surface area contributed by atoms with E-state index in [0.29, 0.717) is 17.5 Å². The highest BCUT2D eigenvalue weighted by Crippen LogP contribution is 2.05. The normalized spacial score (nSPS) is 9.57. The summed E-state index contributed by atoms with van der Waals surface area (Å²) in [5.41, 5.74) is 0. The van der Waals surface area contributed by atoms with Crippen LogP contribution in [-0.2, 0) is 0 Å². The van der Waals surface area contributed by atoms with Gasteiger partial charge in [0.25, 0.3) is 0 Å². The van der Waals surface area contributed by atoms with Gasteiger partial charge in [-0.1, -0.05) is 18.5 Å². The van der Waals surface area contributed by atoms with Crippen LogP contribution in [0.3, 0.4) is 0 Å². The van der Waals surface area contributed by atoms with Gasteiger partial charge in [0, 0.05) is 6.54 Å². The Hall–Kier alpha value is -1.36. The third-order valence-corrected chi connectivity index (χ3v) is 1.61. The molecule has 76 valence electrons. The summed E-state index contributed by atoms with van der Waals surface area (Å²) in [5.74, 6) is 0.378. The van der Waals surface area contributed by atoms with Crippen molar-refractivity contribution < 1.29 is 4.79 Å². The van der Waals surface area contributed by atoms with Gasteiger partial charge in [-0.3, -0.25) is 5.32 Å². The molecule has 1 aromatic rings. The highest BCUT2D eigenvalue weighted by molar-refractivity contribution is 6.29. The Balaban J connectivity index is 2.44. The van der Waals surface area contributed by atoms with E-state index in [2.05, 4.69) is 20.8 Å². The van der Waals surface area contributed by atoms with Crippen LogP contribution in [0.25, 0.3) is 0 Å². The van der Waals surface area contributed by atoms with Crippen LogP contribution >= 0.6 is 11.6 Å². The molecule has 0 aliphatic rings. The van der Waals surface area contributed by atoms with Crippen molar-refractivity contribution in [2.75, 3.05) is 11.9 Å². The third kappa shape index (κ3) is 3.57. The first-order valence-electron chi connectivity index (χ1n) is 4.26. The number of amides is 2. The zero-order valence-electron chi connectivity index (χ0n) is 7.75. The van der Waals surface area contributed by atoms with Gasteiger partial charge in [0.15, 0.2) is 11.0 Å². The molecule has 0 bridgehead atoms. The predicted octanol–water partition coefficient (Wildman–Crippen LogP) is 1.66. The molecule has 0 spiro atoms. The fourth-order valence-corrected chi connectivity index (χ4v) is 0.883. The van der Waals surface area contributed by atoms with Gasteiger partial charge < -0.3 is 5.32 Å². The number of nitrogens with one attached hydrogen (secondary N) is 2. The van der Waals surface area contributed by atoms with Crippen LogP contribution in [0.2, 0.25) is 5.15 Å². The second-order valence-electron chi connectivity index (χ2n) is 2.62. The van der Waals surface area contributed by atoms with Gasteiger partial charge in [-0.05, 0) is 18.6 Å². The van der Waals surface area contributed by atoms with Gasteiger partial charge in [-0.2, -0.15) is 0 Å². The second-order valence-corrected chi connectivity index (χ2v) is 3.01. The zero-order valence-corrected chi connectivity index (χ0v) is 8.51. The Morgan fingerprint density at radius 1 is 1.50 bits per heavy atom. The molecule has 6 heteroatoms. The van der Waals surface area contributed by atoms with Crippen LogP contribution in [-0.4, -0.2) is 22.8 Å². The average molecular weight is 215 g/mol. The van der Waals surface area contributed by atoms with Crippen LogP contribution in [0.4, 0.5) is 10.6 Å². The lowest BCUT2D eigenvalue weighted by molar-refractivity contribution is 0.252. The first kappa shape index (κ1) is 10.7. The number of urea groups is 1. The second kappa shape index (κ2) is 5.39. The number of rotatable bonds is 3. The summed E-state index contributed by atoms with van der Waals surface area (Å²) in [4.78, 5) is 11.1. The first-order valence-corrected chi connectivity index (χ1v) is 4.64. The number of carbonyl (C=O) groups is 1. The maximum absolute atomic E-state index is 11.1. The van der Waals surface area contributed by atoms with Crippen LogP contribution in [0.1, 0.15) is 13.3 Å². The number of hydrogen-bond acceptors (Lipinski definition) is 3. The third-order valence-electron chi connectivity index (χ3n) is 1.41. The van der Waals surface area contributed by atoms with Gasteiger partial charge in [-0.15, -0.1) is 10.2 Å². The maximum atomic E-state index is 11.1. The molecule has 0 radical (unpaired) electrons. The van der Waals surface area contributed by atoms with Gasteiger partial charge >= 0.3 is 6.03 Å². The first-order chi connectivity index (χ1) is 6.72. The molecule has 1 rings (SSSR count). The van der Waals surface area contributed by atoms with E-state index in [0.717, 1.165) is 6.42 Å². The van der Waals surface area contributed by atoms with Crippen molar-refractivity contribution in [3.05, 3.63) is 17.3 Å². The standard InChI is InChI=1S/C8H11ClN4O/c1-2-5-10-8(14)11-7-4-3-6(9)12-13-7/h3-4H,2,5H2,1H3,(H2,10,11,13,14). The van der Waals surface area contributed by atoms with E-state index in [1.165, 1.54) is 0 Å². The molecule has 0 aliphatic carbocycles. The van der Waals surface area contributed by atoms with E-state index in [9.17, 15) is 4.79 Å². The smallest absolute Gasteiger partial charge is 0.320 e. The summed E-state index contributed by atoms with van der Waals surface area (Å²) >= 11 is 5.53. The summed E-state index contributed by atoms with van der Waals surface area (Å²) in [5, 5.41) is 12.7. The molecule has 0 saturated carbocycles. The molecule has 1 aromatic heterocycles. The number of halogens is 1. The highest BCUT2D eigenvalue weighted by Gasteiger charge is 2.01. The van der Waals surface area contributed by atoms with Crippen LogP contribution in [0.15, 0.2) is 12.1 Å². The summed E-state index contributed by atoms with van der Waals surface area (Å²) in [6.07, 6.45) is 0.889. The molecule has 1 heterocycles. The highest BCUT2D eigenvalue weighted by atomic mass is 35.5. The minimum atomic E-state index is -0.288. The molecule has 0 saturated heterocycles. The van der Waals surface area contributed by atoms with E-state index in [1.54, 1.807) is 12.1 Å². The molecular weight excluding hydrogens is 204 g/mol. The molecule has 0 atom stereocenters. The van der Waals surface area contributed by atoms with Crippen LogP contribution < -0.4 is 10.6 Å². The van der Waals surface area contributed by atoms with Crippen LogP contribution in [0.5, 0.6) is 0 Å². The molecule has 0 unspecified atom stereocenters. The van der Waals surface area contributed by atoms with Crippen molar-refractivity contribution in [3.8, 4) is 0 Å². The monoisotopic (exact) mass is 214 g/mol. The number of aromatic nitrogens is 2. The topological polar surface area (TPSA) is 66.9 Å². The van der Waals surface area contributed by atoms with E-state index < -0.39 is 0 Å². The Labute approximate surface area is 86.9 Å². The summed E-state index contributed by atoms with van der Waals surface area (Å²) in [7, 11) is 0. The molecule has 0 aromatic carbocycles. The summed E-state index contributed by atoms with van der Waals surface area (Å²) in [6.45, 7) is 2.61. The largest absolute Gasteiger partial charge is 0.338 e. The van der Waals surface area contributed by atoms with E-state index in [-0.39, 0.29) is 6.03 Å². The minimum Gasteiger partial charge on any atom is -0.338 e. The lowest BCUT2D eigenvalue weighted by atomic mass is 10.5. The van der Waals surface area contributed by atoms with Crippen LogP contribution in [0, 0.1) is 0 Å². The lowest BCUT2D eigenvalue weighted by Gasteiger charge is -2.04. The van der Waals surface area contributed by atoms with E-state index in [4.69, 9.17) is 11.6 Å². The number of carbonyl (C=O) groups excluding carboxylic acids is 1. The predicted molar refractivity (Wildman–Crippen MR) is 54.4 cm³/mol. The Morgan fingerprint density at radius 2 is 2.29 bits per heavy atom. The number of hydrogen-bond donors (Lipinski definition) is 2.